The summed E-state index contributed by atoms with van der Waals surface area (Å²) in [5, 5.41) is 0. The number of ether oxygens (including phenoxy) is 1. The number of ketones is 1. The molecule has 0 saturated heterocycles. The number of hydrogen-bond acceptors (Lipinski definition) is 4. The van der Waals surface area contributed by atoms with Crippen molar-refractivity contribution in [2.24, 2.45) is 5.73 Å². The molecule has 5 heteroatoms. The van der Waals surface area contributed by atoms with E-state index in [0.29, 0.717) is 23.5 Å². The van der Waals surface area contributed by atoms with Crippen molar-refractivity contribution in [2.75, 3.05) is 18.0 Å². The van der Waals surface area contributed by atoms with Crippen LogP contribution in [0.2, 0.25) is 0 Å². The number of fused-ring (bicyclic) bond motifs is 1. The second-order valence-corrected chi connectivity index (χ2v) is 4.15. The van der Waals surface area contributed by atoms with Crippen LogP contribution in [0, 0.1) is 0 Å². The van der Waals surface area contributed by atoms with Crippen molar-refractivity contribution < 1.29 is 14.3 Å². The van der Waals surface area contributed by atoms with E-state index in [-0.39, 0.29) is 18.2 Å². The van der Waals surface area contributed by atoms with Gasteiger partial charge in [-0.1, -0.05) is 0 Å². The van der Waals surface area contributed by atoms with Gasteiger partial charge in [0, 0.05) is 12.1 Å². The summed E-state index contributed by atoms with van der Waals surface area (Å²) < 4.78 is 5.51. The molecule has 1 aromatic rings. The third-order valence-electron chi connectivity index (χ3n) is 2.99. The first-order valence-electron chi connectivity index (χ1n) is 5.93. The van der Waals surface area contributed by atoms with Crippen LogP contribution in [-0.4, -0.2) is 30.9 Å². The number of nitrogens with two attached hydrogens (primary N) is 1. The fourth-order valence-electron chi connectivity index (χ4n) is 2.02. The van der Waals surface area contributed by atoms with Crippen LogP contribution in [0.1, 0.15) is 24.2 Å². The molecule has 1 heterocycles. The Bertz CT molecular complexity index is 499. The number of nitrogens with zero attached hydrogens (tertiary/aromatic N) is 1. The van der Waals surface area contributed by atoms with E-state index >= 15 is 0 Å². The van der Waals surface area contributed by atoms with E-state index in [4.69, 9.17) is 10.5 Å². The van der Waals surface area contributed by atoms with E-state index < -0.39 is 6.10 Å². The third kappa shape index (κ3) is 1.97. The van der Waals surface area contributed by atoms with Gasteiger partial charge in [0.2, 0.25) is 0 Å². The summed E-state index contributed by atoms with van der Waals surface area (Å²) in [6.07, 6.45) is -0.492. The largest absolute Gasteiger partial charge is 0.479 e. The molecule has 2 rings (SSSR count). The number of carbonyl (C=O) groups excluding carboxylic acids is 2. The van der Waals surface area contributed by atoms with Crippen molar-refractivity contribution >= 4 is 17.4 Å². The molecule has 0 aliphatic carbocycles. The molecule has 0 aromatic heterocycles. The Balaban J connectivity index is 2.47. The quantitative estimate of drug-likeness (QED) is 0.809. The van der Waals surface area contributed by atoms with Crippen molar-refractivity contribution in [1.29, 1.82) is 0 Å². The summed E-state index contributed by atoms with van der Waals surface area (Å²) in [7, 11) is 0. The highest BCUT2D eigenvalue weighted by molar-refractivity contribution is 6.03. The lowest BCUT2D eigenvalue weighted by Gasteiger charge is -2.32. The van der Waals surface area contributed by atoms with Gasteiger partial charge >= 0.3 is 0 Å². The summed E-state index contributed by atoms with van der Waals surface area (Å²) in [6, 6.07) is 5.05. The monoisotopic (exact) mass is 248 g/mol. The molecule has 96 valence electrons. The summed E-state index contributed by atoms with van der Waals surface area (Å²) >= 11 is 0. The number of hydrogen-bond donors (Lipinski definition) is 1. The number of Topliss-reactive ketones (excluding diaryl/α,β-unsaturated/α-hetero) is 1. The standard InChI is InChI=1S/C13H16N2O3/c1-3-15-10-6-9(11(16)7-14)4-5-12(10)18-8(2)13(15)17/h4-6,8H,3,7,14H2,1-2H3. The van der Waals surface area contributed by atoms with Crippen LogP contribution in [0.4, 0.5) is 5.69 Å². The highest BCUT2D eigenvalue weighted by atomic mass is 16.5. The van der Waals surface area contributed by atoms with Crippen molar-refractivity contribution in [3.8, 4) is 5.75 Å². The van der Waals surface area contributed by atoms with Crippen molar-refractivity contribution in [3.63, 3.8) is 0 Å². The first-order chi connectivity index (χ1) is 8.58. The van der Waals surface area contributed by atoms with Crippen LogP contribution in [0.25, 0.3) is 0 Å². The van der Waals surface area contributed by atoms with Crippen LogP contribution in [0.5, 0.6) is 5.75 Å². The molecule has 2 N–H and O–H groups in total. The highest BCUT2D eigenvalue weighted by Gasteiger charge is 2.30. The normalized spacial score (nSPS) is 18.3. The predicted octanol–water partition coefficient (Wildman–Crippen LogP) is 0.962. The lowest BCUT2D eigenvalue weighted by atomic mass is 10.1. The van der Waals surface area contributed by atoms with Gasteiger partial charge in [-0.25, -0.2) is 0 Å². The summed E-state index contributed by atoms with van der Waals surface area (Å²) in [4.78, 5) is 25.2. The number of benzene rings is 1. The lowest BCUT2D eigenvalue weighted by molar-refractivity contribution is -0.125. The number of carbonyl (C=O) groups is 2. The molecule has 1 aliphatic rings. The van der Waals surface area contributed by atoms with E-state index in [1.54, 1.807) is 30.0 Å². The SMILES string of the molecule is CCN1C(=O)C(C)Oc2ccc(C(=O)CN)cc21. The number of likely N-dealkylation sites (N-methyl/N-ethyl adjacent to an activating group) is 1. The van der Waals surface area contributed by atoms with Crippen LogP contribution in [0.3, 0.4) is 0 Å². The van der Waals surface area contributed by atoms with E-state index in [2.05, 4.69) is 0 Å². The average molecular weight is 248 g/mol. The maximum Gasteiger partial charge on any atom is 0.267 e. The minimum absolute atomic E-state index is 0.0455. The number of amides is 1. The molecule has 1 amide bonds. The van der Waals surface area contributed by atoms with E-state index in [1.807, 2.05) is 6.92 Å². The fourth-order valence-corrected chi connectivity index (χ4v) is 2.02. The molecule has 0 saturated carbocycles. The third-order valence-corrected chi connectivity index (χ3v) is 2.99. The van der Waals surface area contributed by atoms with Crippen LogP contribution in [-0.2, 0) is 4.79 Å². The first-order valence-corrected chi connectivity index (χ1v) is 5.93. The molecule has 18 heavy (non-hydrogen) atoms. The zero-order valence-electron chi connectivity index (χ0n) is 10.5. The van der Waals surface area contributed by atoms with Gasteiger partial charge in [-0.2, -0.15) is 0 Å². The van der Waals surface area contributed by atoms with Gasteiger partial charge in [0.1, 0.15) is 5.75 Å². The fraction of sp³-hybridized carbons (Fsp3) is 0.385. The van der Waals surface area contributed by atoms with Crippen molar-refractivity contribution in [2.45, 2.75) is 20.0 Å². The summed E-state index contributed by atoms with van der Waals surface area (Å²) in [5.41, 5.74) is 6.47. The van der Waals surface area contributed by atoms with Gasteiger partial charge < -0.3 is 15.4 Å². The number of anilines is 1. The molecule has 0 fully saturated rings. The van der Waals surface area contributed by atoms with Crippen molar-refractivity contribution in [3.05, 3.63) is 23.8 Å². The summed E-state index contributed by atoms with van der Waals surface area (Å²) in [6.45, 7) is 4.10. The van der Waals surface area contributed by atoms with Crippen LogP contribution in [0.15, 0.2) is 18.2 Å². The molecule has 1 atom stereocenters. The Morgan fingerprint density at radius 1 is 1.50 bits per heavy atom. The number of rotatable bonds is 3. The first kappa shape index (κ1) is 12.6. The molecule has 0 spiro atoms. The van der Waals surface area contributed by atoms with Gasteiger partial charge in [-0.3, -0.25) is 9.59 Å². The maximum absolute atomic E-state index is 12.0. The molecule has 0 bridgehead atoms. The lowest BCUT2D eigenvalue weighted by Crippen LogP contribution is -2.44. The van der Waals surface area contributed by atoms with Crippen molar-refractivity contribution in [1.82, 2.24) is 0 Å². The Hall–Kier alpha value is -1.88. The van der Waals surface area contributed by atoms with Gasteiger partial charge in [0.05, 0.1) is 12.2 Å². The molecule has 5 nitrogen and oxygen atoms in total. The Morgan fingerprint density at radius 2 is 2.22 bits per heavy atom. The topological polar surface area (TPSA) is 72.6 Å². The van der Waals surface area contributed by atoms with Gasteiger partial charge in [-0.05, 0) is 32.0 Å². The zero-order chi connectivity index (χ0) is 13.3. The van der Waals surface area contributed by atoms with Gasteiger partial charge in [0.15, 0.2) is 11.9 Å². The second-order valence-electron chi connectivity index (χ2n) is 4.15. The minimum Gasteiger partial charge on any atom is -0.479 e. The molecular weight excluding hydrogens is 232 g/mol. The smallest absolute Gasteiger partial charge is 0.267 e. The minimum atomic E-state index is -0.492. The van der Waals surface area contributed by atoms with E-state index in [0.717, 1.165) is 0 Å². The molecule has 1 aliphatic heterocycles. The van der Waals surface area contributed by atoms with E-state index in [1.165, 1.54) is 0 Å². The molecule has 1 aromatic carbocycles. The Labute approximate surface area is 106 Å². The predicted molar refractivity (Wildman–Crippen MR) is 67.9 cm³/mol. The zero-order valence-corrected chi connectivity index (χ0v) is 10.5. The molecular formula is C13H16N2O3. The maximum atomic E-state index is 12.0. The van der Waals surface area contributed by atoms with Crippen LogP contribution >= 0.6 is 0 Å². The second kappa shape index (κ2) is 4.78. The Kier molecular flexibility index (Phi) is 3.34. The molecule has 1 unspecified atom stereocenters. The highest BCUT2D eigenvalue weighted by Crippen LogP contribution is 2.34. The average Bonchev–Trinajstić information content (AvgIpc) is 2.39. The summed E-state index contributed by atoms with van der Waals surface area (Å²) in [5.74, 6) is 0.375. The Morgan fingerprint density at radius 3 is 2.83 bits per heavy atom. The van der Waals surface area contributed by atoms with Gasteiger partial charge in [0.25, 0.3) is 5.91 Å². The molecule has 0 radical (unpaired) electrons. The van der Waals surface area contributed by atoms with E-state index in [9.17, 15) is 9.59 Å². The van der Waals surface area contributed by atoms with Gasteiger partial charge in [-0.15, -0.1) is 0 Å². The van der Waals surface area contributed by atoms with Crippen LogP contribution < -0.4 is 15.4 Å².